The third kappa shape index (κ3) is 5.49. The minimum atomic E-state index is -2.57. The van der Waals surface area contributed by atoms with Crippen LogP contribution in [-0.2, 0) is 0 Å². The number of nitrogens with one attached hydrogen (secondary N) is 2. The number of nitrogens with zero attached hydrogens (tertiary/aromatic N) is 1. The number of carbonyl (C=O) groups excluding carboxylic acids is 1. The van der Waals surface area contributed by atoms with Crippen molar-refractivity contribution < 1.29 is 18.3 Å². The zero-order chi connectivity index (χ0) is 17.5. The lowest BCUT2D eigenvalue weighted by Gasteiger charge is -2.26. The van der Waals surface area contributed by atoms with E-state index in [1.807, 2.05) is 6.92 Å². The van der Waals surface area contributed by atoms with Crippen LogP contribution in [0.15, 0.2) is 35.9 Å². The molecule has 132 valence electrons. The molecule has 0 saturated carbocycles. The summed E-state index contributed by atoms with van der Waals surface area (Å²) in [5, 5.41) is 5.52. The van der Waals surface area contributed by atoms with E-state index in [1.54, 1.807) is 24.3 Å². The highest BCUT2D eigenvalue weighted by atomic mass is 19.3. The van der Waals surface area contributed by atoms with Crippen LogP contribution in [-0.4, -0.2) is 50.1 Å². The van der Waals surface area contributed by atoms with E-state index in [4.69, 9.17) is 4.74 Å². The molecule has 1 heterocycles. The summed E-state index contributed by atoms with van der Waals surface area (Å²) >= 11 is 0. The summed E-state index contributed by atoms with van der Waals surface area (Å²) in [7, 11) is 2.05. The molecule has 2 N–H and O–H groups in total. The van der Waals surface area contributed by atoms with Crippen molar-refractivity contribution in [2.24, 2.45) is 0 Å². The molecule has 1 aliphatic rings. The quantitative estimate of drug-likeness (QED) is 0.783. The SMILES string of the molecule is C[C@H](NC(=O)Nc1ccccc1OCC(F)F)C1=CCN(C)CC1. The van der Waals surface area contributed by atoms with Crippen LogP contribution in [0.4, 0.5) is 19.3 Å². The van der Waals surface area contributed by atoms with Crippen LogP contribution in [0, 0.1) is 0 Å². The fourth-order valence-electron chi connectivity index (χ4n) is 2.48. The van der Waals surface area contributed by atoms with Crippen LogP contribution in [0.25, 0.3) is 0 Å². The fraction of sp³-hybridized carbons (Fsp3) is 0.471. The van der Waals surface area contributed by atoms with E-state index >= 15 is 0 Å². The second kappa shape index (κ2) is 8.63. The maximum atomic E-state index is 12.3. The van der Waals surface area contributed by atoms with Crippen molar-refractivity contribution in [3.8, 4) is 5.75 Å². The molecule has 1 aromatic carbocycles. The third-order valence-corrected chi connectivity index (χ3v) is 3.85. The highest BCUT2D eigenvalue weighted by Gasteiger charge is 2.17. The molecule has 1 aromatic rings. The topological polar surface area (TPSA) is 53.6 Å². The highest BCUT2D eigenvalue weighted by molar-refractivity contribution is 5.91. The molecular weight excluding hydrogens is 316 g/mol. The molecule has 1 aliphatic heterocycles. The van der Waals surface area contributed by atoms with Crippen molar-refractivity contribution in [3.63, 3.8) is 0 Å². The van der Waals surface area contributed by atoms with Crippen LogP contribution in [0.2, 0.25) is 0 Å². The van der Waals surface area contributed by atoms with Gasteiger partial charge in [-0.25, -0.2) is 13.6 Å². The molecule has 5 nitrogen and oxygen atoms in total. The normalized spacial score (nSPS) is 16.5. The number of alkyl halides is 2. The lowest BCUT2D eigenvalue weighted by atomic mass is 10.0. The summed E-state index contributed by atoms with van der Waals surface area (Å²) in [5.74, 6) is 0.221. The summed E-state index contributed by atoms with van der Waals surface area (Å²) < 4.78 is 29.6. The molecule has 0 fully saturated rings. The second-order valence-electron chi connectivity index (χ2n) is 5.81. The zero-order valence-corrected chi connectivity index (χ0v) is 13.9. The zero-order valence-electron chi connectivity index (χ0n) is 13.9. The Morgan fingerprint density at radius 2 is 2.12 bits per heavy atom. The van der Waals surface area contributed by atoms with Crippen molar-refractivity contribution >= 4 is 11.7 Å². The van der Waals surface area contributed by atoms with Gasteiger partial charge < -0.3 is 20.3 Å². The fourth-order valence-corrected chi connectivity index (χ4v) is 2.48. The molecule has 0 spiro atoms. The molecule has 0 unspecified atom stereocenters. The molecule has 7 heteroatoms. The van der Waals surface area contributed by atoms with Crippen LogP contribution in [0.3, 0.4) is 0 Å². The molecule has 1 atom stereocenters. The van der Waals surface area contributed by atoms with E-state index in [1.165, 1.54) is 5.57 Å². The number of ether oxygens (including phenoxy) is 1. The van der Waals surface area contributed by atoms with Gasteiger partial charge in [-0.2, -0.15) is 0 Å². The van der Waals surface area contributed by atoms with Crippen LogP contribution in [0.1, 0.15) is 13.3 Å². The molecule has 24 heavy (non-hydrogen) atoms. The molecule has 0 bridgehead atoms. The Labute approximate surface area is 140 Å². The van der Waals surface area contributed by atoms with E-state index in [0.29, 0.717) is 5.69 Å². The summed E-state index contributed by atoms with van der Waals surface area (Å²) in [4.78, 5) is 14.4. The number of likely N-dealkylation sites (N-methyl/N-ethyl adjacent to an activating group) is 1. The first-order chi connectivity index (χ1) is 11.5. The van der Waals surface area contributed by atoms with Gasteiger partial charge in [-0.1, -0.05) is 18.2 Å². The molecule has 2 rings (SSSR count). The molecule has 0 saturated heterocycles. The Morgan fingerprint density at radius 3 is 2.79 bits per heavy atom. The average Bonchev–Trinajstić information content (AvgIpc) is 2.54. The number of benzene rings is 1. The van der Waals surface area contributed by atoms with E-state index in [-0.39, 0.29) is 11.8 Å². The average molecular weight is 339 g/mol. The molecular formula is C17H23F2N3O2. The Bertz CT molecular complexity index is 593. The van der Waals surface area contributed by atoms with E-state index < -0.39 is 19.1 Å². The van der Waals surface area contributed by atoms with E-state index in [9.17, 15) is 13.6 Å². The Balaban J connectivity index is 1.92. The first-order valence-electron chi connectivity index (χ1n) is 7.90. The van der Waals surface area contributed by atoms with Crippen LogP contribution in [0.5, 0.6) is 5.75 Å². The minimum absolute atomic E-state index is 0.0900. The van der Waals surface area contributed by atoms with Gasteiger partial charge in [0.25, 0.3) is 6.43 Å². The van der Waals surface area contributed by atoms with Crippen molar-refractivity contribution in [2.45, 2.75) is 25.8 Å². The number of amides is 2. The standard InChI is InChI=1S/C17H23F2N3O2/c1-12(13-7-9-22(2)10-8-13)20-17(23)21-14-5-3-4-6-15(14)24-11-16(18)19/h3-7,12,16H,8-11H2,1-2H3,(H2,20,21,23)/t12-/m0/s1. The second-order valence-corrected chi connectivity index (χ2v) is 5.81. The Morgan fingerprint density at radius 1 is 1.38 bits per heavy atom. The van der Waals surface area contributed by atoms with Gasteiger partial charge in [-0.3, -0.25) is 0 Å². The maximum Gasteiger partial charge on any atom is 0.319 e. The summed E-state index contributed by atoms with van der Waals surface area (Å²) in [5.41, 5.74) is 1.55. The number of anilines is 1. The lowest BCUT2D eigenvalue weighted by molar-refractivity contribution is 0.0823. The van der Waals surface area contributed by atoms with Gasteiger partial charge in [-0.15, -0.1) is 0 Å². The molecule has 2 amide bonds. The first-order valence-corrected chi connectivity index (χ1v) is 7.90. The van der Waals surface area contributed by atoms with Gasteiger partial charge in [0, 0.05) is 19.1 Å². The summed E-state index contributed by atoms with van der Waals surface area (Å²) in [6, 6.07) is 6.04. The number of rotatable bonds is 6. The van der Waals surface area contributed by atoms with Crippen LogP contribution < -0.4 is 15.4 Å². The minimum Gasteiger partial charge on any atom is -0.485 e. The summed E-state index contributed by atoms with van der Waals surface area (Å²) in [6.45, 7) is 3.05. The number of halogens is 2. The van der Waals surface area contributed by atoms with Gasteiger partial charge >= 0.3 is 6.03 Å². The number of hydrogen-bond acceptors (Lipinski definition) is 3. The number of para-hydroxylation sites is 2. The van der Waals surface area contributed by atoms with Crippen molar-refractivity contribution in [3.05, 3.63) is 35.9 Å². The van der Waals surface area contributed by atoms with E-state index in [2.05, 4.69) is 28.7 Å². The first kappa shape index (κ1) is 18.2. The number of carbonyl (C=O) groups is 1. The maximum absolute atomic E-state index is 12.3. The molecule has 0 radical (unpaired) electrons. The van der Waals surface area contributed by atoms with Gasteiger partial charge in [0.1, 0.15) is 12.4 Å². The molecule has 0 aliphatic carbocycles. The summed E-state index contributed by atoms with van der Waals surface area (Å²) in [6.07, 6.45) is 0.462. The largest absolute Gasteiger partial charge is 0.485 e. The number of hydrogen-bond donors (Lipinski definition) is 2. The van der Waals surface area contributed by atoms with Gasteiger partial charge in [0.2, 0.25) is 0 Å². The third-order valence-electron chi connectivity index (χ3n) is 3.85. The lowest BCUT2D eigenvalue weighted by Crippen LogP contribution is -2.39. The Kier molecular flexibility index (Phi) is 6.54. The van der Waals surface area contributed by atoms with Crippen molar-refractivity contribution in [2.75, 3.05) is 32.1 Å². The van der Waals surface area contributed by atoms with E-state index in [0.717, 1.165) is 19.5 Å². The van der Waals surface area contributed by atoms with Crippen molar-refractivity contribution in [1.29, 1.82) is 0 Å². The predicted octanol–water partition coefficient (Wildman–Crippen LogP) is 3.10. The Hall–Kier alpha value is -2.15. The van der Waals surface area contributed by atoms with Gasteiger partial charge in [-0.05, 0) is 38.1 Å². The van der Waals surface area contributed by atoms with Crippen molar-refractivity contribution in [1.82, 2.24) is 10.2 Å². The van der Waals surface area contributed by atoms with Crippen LogP contribution >= 0.6 is 0 Å². The smallest absolute Gasteiger partial charge is 0.319 e. The van der Waals surface area contributed by atoms with Gasteiger partial charge in [0.15, 0.2) is 0 Å². The monoisotopic (exact) mass is 339 g/mol. The van der Waals surface area contributed by atoms with Gasteiger partial charge in [0.05, 0.1) is 5.69 Å². The molecule has 0 aromatic heterocycles. The highest BCUT2D eigenvalue weighted by Crippen LogP contribution is 2.24. The predicted molar refractivity (Wildman–Crippen MR) is 89.8 cm³/mol. The number of urea groups is 1.